The first kappa shape index (κ1) is 22.5. The van der Waals surface area contributed by atoms with Crippen molar-refractivity contribution in [2.75, 3.05) is 26.2 Å². The molecule has 0 saturated carbocycles. The highest BCUT2D eigenvalue weighted by atomic mass is 35.5. The maximum Gasteiger partial charge on any atom is 0.530 e. The van der Waals surface area contributed by atoms with Crippen LogP contribution in [-0.2, 0) is 27.7 Å². The molecule has 0 aromatic rings. The lowest BCUT2D eigenvalue weighted by molar-refractivity contribution is -0.117. The molecule has 0 atom stereocenters. The van der Waals surface area contributed by atoms with Crippen molar-refractivity contribution in [3.05, 3.63) is 48.6 Å². The molecule has 0 saturated heterocycles. The SMILES string of the molecule is C=CCOP(=O)(OCC=C)O/C(C)=C(/C=C(\C)NC(=O)CCl)OC. The summed E-state index contributed by atoms with van der Waals surface area (Å²) in [5.41, 5.74) is 0.467. The maximum absolute atomic E-state index is 12.5. The van der Waals surface area contributed by atoms with Crippen molar-refractivity contribution < 1.29 is 27.7 Å². The molecule has 9 heteroatoms. The highest BCUT2D eigenvalue weighted by Crippen LogP contribution is 2.51. The van der Waals surface area contributed by atoms with Gasteiger partial charge in [0.15, 0.2) is 5.76 Å². The van der Waals surface area contributed by atoms with Gasteiger partial charge >= 0.3 is 7.82 Å². The van der Waals surface area contributed by atoms with E-state index < -0.39 is 7.82 Å². The van der Waals surface area contributed by atoms with Crippen LogP contribution >= 0.6 is 19.4 Å². The molecule has 1 amide bonds. The van der Waals surface area contributed by atoms with Crippen LogP contribution in [0.3, 0.4) is 0 Å². The summed E-state index contributed by atoms with van der Waals surface area (Å²) >= 11 is 5.42. The van der Waals surface area contributed by atoms with Crippen molar-refractivity contribution >= 4 is 25.3 Å². The molecule has 0 aliphatic rings. The first-order chi connectivity index (χ1) is 11.3. The molecule has 0 aromatic heterocycles. The van der Waals surface area contributed by atoms with E-state index in [1.165, 1.54) is 32.3 Å². The number of carbonyl (C=O) groups excluding carboxylic acids is 1. The van der Waals surface area contributed by atoms with Crippen LogP contribution in [0.15, 0.2) is 48.6 Å². The van der Waals surface area contributed by atoms with E-state index >= 15 is 0 Å². The average molecular weight is 380 g/mol. The number of hydrogen-bond acceptors (Lipinski definition) is 6. The highest BCUT2D eigenvalue weighted by molar-refractivity contribution is 7.48. The second-order valence-corrected chi connectivity index (χ2v) is 6.20. The second kappa shape index (κ2) is 11.9. The Morgan fingerprint density at radius 2 is 1.75 bits per heavy atom. The van der Waals surface area contributed by atoms with Crippen molar-refractivity contribution in [1.82, 2.24) is 5.32 Å². The topological polar surface area (TPSA) is 83.1 Å². The molecule has 0 fully saturated rings. The molecule has 0 bridgehead atoms. The standard InChI is InChI=1S/C15H23ClNO6P/c1-6-8-21-24(19,22-9-7-2)23-13(4)14(20-5)10-12(3)17-15(18)11-16/h6-7,10H,1-2,8-9,11H2,3-5H3,(H,17,18)/b12-10+,14-13-. The summed E-state index contributed by atoms with van der Waals surface area (Å²) in [5.74, 6) is -0.165. The third-order valence-electron chi connectivity index (χ3n) is 2.32. The van der Waals surface area contributed by atoms with Gasteiger partial charge in [0.2, 0.25) is 5.91 Å². The van der Waals surface area contributed by atoms with Gasteiger partial charge in [-0.3, -0.25) is 13.8 Å². The van der Waals surface area contributed by atoms with Crippen molar-refractivity contribution in [2.45, 2.75) is 13.8 Å². The number of halogens is 1. The van der Waals surface area contributed by atoms with Gasteiger partial charge in [-0.1, -0.05) is 12.2 Å². The van der Waals surface area contributed by atoms with Crippen LogP contribution in [0.1, 0.15) is 13.8 Å². The molecule has 136 valence electrons. The van der Waals surface area contributed by atoms with E-state index in [0.717, 1.165) is 0 Å². The first-order valence-corrected chi connectivity index (χ1v) is 8.90. The van der Waals surface area contributed by atoms with Gasteiger partial charge in [0, 0.05) is 11.8 Å². The number of phosphoric ester groups is 1. The fourth-order valence-electron chi connectivity index (χ4n) is 1.38. The molecule has 0 aliphatic carbocycles. The Morgan fingerprint density at radius 3 is 2.17 bits per heavy atom. The molecule has 7 nitrogen and oxygen atoms in total. The van der Waals surface area contributed by atoms with Crippen molar-refractivity contribution in [1.29, 1.82) is 0 Å². The minimum Gasteiger partial charge on any atom is -0.493 e. The number of methoxy groups -OCH3 is 1. The average Bonchev–Trinajstić information content (AvgIpc) is 2.55. The van der Waals surface area contributed by atoms with Gasteiger partial charge in [0.1, 0.15) is 11.6 Å². The second-order valence-electron chi connectivity index (χ2n) is 4.34. The molecule has 0 rings (SSSR count). The number of phosphoric acid groups is 1. The van der Waals surface area contributed by atoms with E-state index in [-0.39, 0.29) is 36.5 Å². The van der Waals surface area contributed by atoms with Crippen molar-refractivity contribution in [3.8, 4) is 0 Å². The Labute approximate surface area is 147 Å². The van der Waals surface area contributed by atoms with E-state index in [4.69, 9.17) is 29.9 Å². The third kappa shape index (κ3) is 8.93. The molecule has 1 N–H and O–H groups in total. The van der Waals surface area contributed by atoms with Gasteiger partial charge in [0.25, 0.3) is 0 Å². The number of rotatable bonds is 12. The van der Waals surface area contributed by atoms with Gasteiger partial charge < -0.3 is 14.6 Å². The van der Waals surface area contributed by atoms with Gasteiger partial charge in [-0.2, -0.15) is 0 Å². The Kier molecular flexibility index (Phi) is 11.2. The summed E-state index contributed by atoms with van der Waals surface area (Å²) in [4.78, 5) is 11.3. The van der Waals surface area contributed by atoms with E-state index in [2.05, 4.69) is 18.5 Å². The first-order valence-electron chi connectivity index (χ1n) is 6.91. The molecule has 0 spiro atoms. The maximum atomic E-state index is 12.5. The molecular formula is C15H23ClNO6P. The monoisotopic (exact) mass is 379 g/mol. The Bertz CT molecular complexity index is 542. The molecule has 0 unspecified atom stereocenters. The van der Waals surface area contributed by atoms with Crippen molar-refractivity contribution in [3.63, 3.8) is 0 Å². The van der Waals surface area contributed by atoms with Gasteiger partial charge in [-0.15, -0.1) is 24.8 Å². The predicted molar refractivity (Wildman–Crippen MR) is 93.3 cm³/mol. The van der Waals surface area contributed by atoms with Crippen LogP contribution in [-0.4, -0.2) is 32.1 Å². The zero-order valence-corrected chi connectivity index (χ0v) is 15.7. The lowest BCUT2D eigenvalue weighted by Crippen LogP contribution is -2.22. The highest BCUT2D eigenvalue weighted by Gasteiger charge is 2.28. The largest absolute Gasteiger partial charge is 0.530 e. The number of nitrogens with one attached hydrogen (secondary N) is 1. The van der Waals surface area contributed by atoms with Crippen LogP contribution in [0.25, 0.3) is 0 Å². The lowest BCUT2D eigenvalue weighted by atomic mass is 10.3. The summed E-state index contributed by atoms with van der Waals surface area (Å²) in [6.45, 7) is 10.1. The number of hydrogen-bond donors (Lipinski definition) is 1. The van der Waals surface area contributed by atoms with Crippen LogP contribution in [0.4, 0.5) is 0 Å². The van der Waals surface area contributed by atoms with E-state index in [1.54, 1.807) is 6.92 Å². The van der Waals surface area contributed by atoms with E-state index in [0.29, 0.717) is 5.70 Å². The smallest absolute Gasteiger partial charge is 0.493 e. The molecule has 0 aliphatic heterocycles. The van der Waals surface area contributed by atoms with Crippen LogP contribution in [0.5, 0.6) is 0 Å². The van der Waals surface area contributed by atoms with Gasteiger partial charge in [-0.25, -0.2) is 4.57 Å². The number of carbonyl (C=O) groups is 1. The zero-order valence-electron chi connectivity index (χ0n) is 14.0. The quantitative estimate of drug-likeness (QED) is 0.183. The molecule has 0 heterocycles. The molecule has 0 aromatic carbocycles. The minimum absolute atomic E-state index is 0.0232. The van der Waals surface area contributed by atoms with Crippen LogP contribution in [0.2, 0.25) is 0 Å². The summed E-state index contributed by atoms with van der Waals surface area (Å²) in [6.07, 6.45) is 4.32. The zero-order chi connectivity index (χ0) is 18.6. The van der Waals surface area contributed by atoms with Gasteiger partial charge in [-0.05, 0) is 13.8 Å². The van der Waals surface area contributed by atoms with Gasteiger partial charge in [0.05, 0.1) is 20.3 Å². The van der Waals surface area contributed by atoms with Crippen LogP contribution < -0.4 is 5.32 Å². The summed E-state index contributed by atoms with van der Waals surface area (Å²) in [7, 11) is -2.47. The normalized spacial score (nSPS) is 12.9. The molecular weight excluding hydrogens is 357 g/mol. The fraction of sp³-hybridized carbons (Fsp3) is 0.400. The minimum atomic E-state index is -3.87. The third-order valence-corrected chi connectivity index (χ3v) is 3.99. The van der Waals surface area contributed by atoms with Crippen LogP contribution in [0, 0.1) is 0 Å². The summed E-state index contributed by atoms with van der Waals surface area (Å²) in [5, 5.41) is 2.54. The number of amides is 1. The Hall–Kier alpha value is -1.53. The Morgan fingerprint density at radius 1 is 1.21 bits per heavy atom. The summed E-state index contributed by atoms with van der Waals surface area (Å²) in [6, 6.07) is 0. The lowest BCUT2D eigenvalue weighted by Gasteiger charge is -2.18. The number of alkyl halides is 1. The fourth-order valence-corrected chi connectivity index (χ4v) is 2.63. The van der Waals surface area contributed by atoms with E-state index in [9.17, 15) is 9.36 Å². The molecule has 0 radical (unpaired) electrons. The number of ether oxygens (including phenoxy) is 1. The Balaban J connectivity index is 5.32. The van der Waals surface area contributed by atoms with E-state index in [1.807, 2.05) is 0 Å². The molecule has 24 heavy (non-hydrogen) atoms. The predicted octanol–water partition coefficient (Wildman–Crippen LogP) is 3.65. The number of allylic oxidation sites excluding steroid dienone is 3. The van der Waals surface area contributed by atoms with Crippen molar-refractivity contribution in [2.24, 2.45) is 0 Å². The summed E-state index contributed by atoms with van der Waals surface area (Å²) < 4.78 is 33.2.